The van der Waals surface area contributed by atoms with Gasteiger partial charge in [0.1, 0.15) is 0 Å². The molecule has 1 aliphatic heterocycles. The Balaban J connectivity index is 2.07. The van der Waals surface area contributed by atoms with Crippen LogP contribution in [0.4, 0.5) is 0 Å². The van der Waals surface area contributed by atoms with Crippen molar-refractivity contribution in [3.8, 4) is 0 Å². The minimum Gasteiger partial charge on any atom is -0.330 e. The monoisotopic (exact) mass is 218 g/mol. The number of nitrogens with two attached hydrogens (primary N) is 1. The van der Waals surface area contributed by atoms with Crippen molar-refractivity contribution in [3.05, 3.63) is 35.4 Å². The number of rotatable bonds is 4. The summed E-state index contributed by atoms with van der Waals surface area (Å²) in [6.07, 6.45) is 1.08. The van der Waals surface area contributed by atoms with Gasteiger partial charge in [-0.3, -0.25) is 0 Å². The lowest BCUT2D eigenvalue weighted by atomic mass is 9.88. The Morgan fingerprint density at radius 1 is 1.44 bits per heavy atom. The van der Waals surface area contributed by atoms with Gasteiger partial charge < -0.3 is 10.6 Å². The predicted octanol–water partition coefficient (Wildman–Crippen LogP) is 2.17. The largest absolute Gasteiger partial charge is 0.330 e. The lowest BCUT2D eigenvalue weighted by molar-refractivity contribution is 0.189. The van der Waals surface area contributed by atoms with Crippen molar-refractivity contribution in [1.29, 1.82) is 0 Å². The minimum absolute atomic E-state index is 0.586. The molecular weight excluding hydrogens is 196 g/mol. The molecule has 0 spiro atoms. The average Bonchev–Trinajstić information content (AvgIpc) is 2.25. The number of hydrogen-bond donors (Lipinski definition) is 1. The SMILES string of the molecule is CC(CCN)c1cccc(C2CN(C)C2)c1. The fraction of sp³-hybridized carbons (Fsp3) is 0.571. The maximum atomic E-state index is 5.61. The Labute approximate surface area is 98.4 Å². The van der Waals surface area contributed by atoms with Crippen molar-refractivity contribution in [2.24, 2.45) is 5.73 Å². The summed E-state index contributed by atoms with van der Waals surface area (Å²) in [6.45, 7) is 5.44. The molecule has 2 nitrogen and oxygen atoms in total. The summed E-state index contributed by atoms with van der Waals surface area (Å²) in [5.41, 5.74) is 8.56. The zero-order chi connectivity index (χ0) is 11.5. The Bertz CT molecular complexity index is 322. The van der Waals surface area contributed by atoms with E-state index in [1.807, 2.05) is 0 Å². The molecule has 0 saturated carbocycles. The molecule has 1 heterocycles. The van der Waals surface area contributed by atoms with E-state index in [2.05, 4.69) is 43.1 Å². The van der Waals surface area contributed by atoms with Gasteiger partial charge in [-0.1, -0.05) is 31.2 Å². The van der Waals surface area contributed by atoms with E-state index >= 15 is 0 Å². The molecule has 1 fully saturated rings. The van der Waals surface area contributed by atoms with Crippen molar-refractivity contribution in [1.82, 2.24) is 4.90 Å². The number of nitrogens with zero attached hydrogens (tertiary/aromatic N) is 1. The third-order valence-corrected chi connectivity index (χ3v) is 3.61. The van der Waals surface area contributed by atoms with Gasteiger partial charge in [0.05, 0.1) is 0 Å². The lowest BCUT2D eigenvalue weighted by Crippen LogP contribution is -2.41. The number of hydrogen-bond acceptors (Lipinski definition) is 2. The summed E-state index contributed by atoms with van der Waals surface area (Å²) in [6, 6.07) is 9.05. The minimum atomic E-state index is 0.586. The topological polar surface area (TPSA) is 29.3 Å². The Kier molecular flexibility index (Phi) is 3.62. The Morgan fingerprint density at radius 3 is 2.81 bits per heavy atom. The van der Waals surface area contributed by atoms with Gasteiger partial charge in [-0.2, -0.15) is 0 Å². The van der Waals surface area contributed by atoms with Crippen LogP contribution >= 0.6 is 0 Å². The first-order chi connectivity index (χ1) is 7.70. The quantitative estimate of drug-likeness (QED) is 0.839. The van der Waals surface area contributed by atoms with Gasteiger partial charge in [-0.05, 0) is 37.1 Å². The van der Waals surface area contributed by atoms with E-state index in [1.54, 1.807) is 0 Å². The zero-order valence-corrected chi connectivity index (χ0v) is 10.3. The van der Waals surface area contributed by atoms with Crippen LogP contribution in [-0.4, -0.2) is 31.6 Å². The molecule has 1 saturated heterocycles. The third kappa shape index (κ3) is 2.45. The van der Waals surface area contributed by atoms with Crippen LogP contribution in [0.5, 0.6) is 0 Å². The molecule has 0 bridgehead atoms. The first-order valence-electron chi connectivity index (χ1n) is 6.19. The Hall–Kier alpha value is -0.860. The van der Waals surface area contributed by atoms with Crippen LogP contribution in [-0.2, 0) is 0 Å². The van der Waals surface area contributed by atoms with Gasteiger partial charge in [-0.15, -0.1) is 0 Å². The first kappa shape index (κ1) is 11.6. The van der Waals surface area contributed by atoms with Crippen LogP contribution in [0.3, 0.4) is 0 Å². The fourth-order valence-corrected chi connectivity index (χ4v) is 2.45. The fourth-order valence-electron chi connectivity index (χ4n) is 2.45. The molecule has 0 amide bonds. The van der Waals surface area contributed by atoms with Crippen LogP contribution in [0.25, 0.3) is 0 Å². The van der Waals surface area contributed by atoms with Gasteiger partial charge in [0.25, 0.3) is 0 Å². The summed E-state index contributed by atoms with van der Waals surface area (Å²) >= 11 is 0. The maximum Gasteiger partial charge on any atom is 0.00934 e. The summed E-state index contributed by atoms with van der Waals surface area (Å²) in [5, 5.41) is 0. The van der Waals surface area contributed by atoms with Crippen molar-refractivity contribution in [3.63, 3.8) is 0 Å². The number of benzene rings is 1. The van der Waals surface area contributed by atoms with Crippen molar-refractivity contribution < 1.29 is 0 Å². The maximum absolute atomic E-state index is 5.61. The number of likely N-dealkylation sites (N-methyl/N-ethyl adjacent to an activating group) is 1. The second-order valence-corrected chi connectivity index (χ2v) is 5.07. The van der Waals surface area contributed by atoms with Gasteiger partial charge in [0, 0.05) is 19.0 Å². The van der Waals surface area contributed by atoms with Crippen LogP contribution in [0, 0.1) is 0 Å². The molecule has 1 atom stereocenters. The van der Waals surface area contributed by atoms with E-state index in [1.165, 1.54) is 24.2 Å². The summed E-state index contributed by atoms with van der Waals surface area (Å²) < 4.78 is 0. The smallest absolute Gasteiger partial charge is 0.00934 e. The second kappa shape index (κ2) is 4.98. The van der Waals surface area contributed by atoms with Crippen molar-refractivity contribution in [2.75, 3.05) is 26.7 Å². The molecule has 88 valence electrons. The highest BCUT2D eigenvalue weighted by Crippen LogP contribution is 2.28. The standard InChI is InChI=1S/C14H22N2/c1-11(6-7-15)12-4-3-5-13(8-12)14-9-16(2)10-14/h3-5,8,11,14H,6-7,9-10,15H2,1-2H3. The van der Waals surface area contributed by atoms with Gasteiger partial charge in [0.2, 0.25) is 0 Å². The summed E-state index contributed by atoms with van der Waals surface area (Å²) in [5.74, 6) is 1.33. The highest BCUT2D eigenvalue weighted by atomic mass is 15.2. The molecule has 1 aliphatic rings. The van der Waals surface area contributed by atoms with Crippen LogP contribution < -0.4 is 5.73 Å². The van der Waals surface area contributed by atoms with E-state index in [9.17, 15) is 0 Å². The summed E-state index contributed by atoms with van der Waals surface area (Å²) in [7, 11) is 2.18. The molecule has 0 aromatic heterocycles. The van der Waals surface area contributed by atoms with E-state index in [4.69, 9.17) is 5.73 Å². The van der Waals surface area contributed by atoms with Crippen LogP contribution in [0.15, 0.2) is 24.3 Å². The van der Waals surface area contributed by atoms with E-state index in [-0.39, 0.29) is 0 Å². The van der Waals surface area contributed by atoms with Gasteiger partial charge in [-0.25, -0.2) is 0 Å². The van der Waals surface area contributed by atoms with E-state index < -0.39 is 0 Å². The first-order valence-corrected chi connectivity index (χ1v) is 6.19. The zero-order valence-electron chi connectivity index (χ0n) is 10.3. The molecule has 16 heavy (non-hydrogen) atoms. The predicted molar refractivity (Wildman–Crippen MR) is 68.8 cm³/mol. The highest BCUT2D eigenvalue weighted by Gasteiger charge is 2.24. The van der Waals surface area contributed by atoms with Crippen LogP contribution in [0.1, 0.15) is 36.3 Å². The molecule has 2 N–H and O–H groups in total. The summed E-state index contributed by atoms with van der Waals surface area (Å²) in [4.78, 5) is 2.36. The average molecular weight is 218 g/mol. The van der Waals surface area contributed by atoms with Crippen LogP contribution in [0.2, 0.25) is 0 Å². The van der Waals surface area contributed by atoms with Gasteiger partial charge in [0.15, 0.2) is 0 Å². The molecule has 1 aromatic carbocycles. The van der Waals surface area contributed by atoms with Crippen molar-refractivity contribution in [2.45, 2.75) is 25.2 Å². The number of likely N-dealkylation sites (tertiary alicyclic amines) is 1. The molecular formula is C14H22N2. The normalized spacial score (nSPS) is 19.4. The lowest BCUT2D eigenvalue weighted by Gasteiger charge is -2.36. The molecule has 2 rings (SSSR count). The van der Waals surface area contributed by atoms with E-state index in [0.717, 1.165) is 18.9 Å². The van der Waals surface area contributed by atoms with Crippen molar-refractivity contribution >= 4 is 0 Å². The molecule has 2 heteroatoms. The highest BCUT2D eigenvalue weighted by molar-refractivity contribution is 5.30. The molecule has 1 aromatic rings. The molecule has 0 aliphatic carbocycles. The third-order valence-electron chi connectivity index (χ3n) is 3.61. The Morgan fingerprint density at radius 2 is 2.19 bits per heavy atom. The second-order valence-electron chi connectivity index (χ2n) is 5.07. The molecule has 0 radical (unpaired) electrons. The van der Waals surface area contributed by atoms with E-state index in [0.29, 0.717) is 5.92 Å². The van der Waals surface area contributed by atoms with Gasteiger partial charge >= 0.3 is 0 Å². The molecule has 1 unspecified atom stereocenters.